The van der Waals surface area contributed by atoms with Gasteiger partial charge in [-0.25, -0.2) is 4.98 Å². The lowest BCUT2D eigenvalue weighted by molar-refractivity contribution is 0.153. The SMILES string of the molecule is CC(C)OC1=CC[C@@H](c2ncc(-c3cccc4c3CCC4)s2)C=C1C#N. The fraction of sp³-hybridized carbons (Fsp3) is 0.364. The third-order valence-electron chi connectivity index (χ3n) is 4.93. The second kappa shape index (κ2) is 7.09. The molecule has 0 N–H and O–H groups in total. The highest BCUT2D eigenvalue weighted by atomic mass is 32.1. The number of nitrogens with zero attached hydrogens (tertiary/aromatic N) is 2. The minimum absolute atomic E-state index is 0.0705. The van der Waals surface area contributed by atoms with Crippen molar-refractivity contribution in [1.82, 2.24) is 4.98 Å². The molecule has 0 bridgehead atoms. The summed E-state index contributed by atoms with van der Waals surface area (Å²) in [4.78, 5) is 5.93. The summed E-state index contributed by atoms with van der Waals surface area (Å²) < 4.78 is 5.76. The fourth-order valence-electron chi connectivity index (χ4n) is 3.76. The summed E-state index contributed by atoms with van der Waals surface area (Å²) >= 11 is 1.75. The molecular weight excluding hydrogens is 340 g/mol. The molecule has 0 aliphatic heterocycles. The Morgan fingerprint density at radius 2 is 2.19 bits per heavy atom. The van der Waals surface area contributed by atoms with E-state index in [4.69, 9.17) is 9.72 Å². The van der Waals surface area contributed by atoms with Gasteiger partial charge >= 0.3 is 0 Å². The van der Waals surface area contributed by atoms with Crippen LogP contribution in [0.5, 0.6) is 0 Å². The number of benzene rings is 1. The molecule has 2 aliphatic carbocycles. The first-order chi connectivity index (χ1) is 12.7. The van der Waals surface area contributed by atoms with Crippen molar-refractivity contribution in [1.29, 1.82) is 5.26 Å². The predicted octanol–water partition coefficient (Wildman–Crippen LogP) is 5.54. The molecule has 1 heterocycles. The van der Waals surface area contributed by atoms with E-state index in [0.29, 0.717) is 11.3 Å². The molecule has 0 fully saturated rings. The predicted molar refractivity (Wildman–Crippen MR) is 105 cm³/mol. The van der Waals surface area contributed by atoms with Crippen LogP contribution in [0.1, 0.15) is 48.7 Å². The number of hydrogen-bond donors (Lipinski definition) is 0. The van der Waals surface area contributed by atoms with Gasteiger partial charge in [0.05, 0.1) is 16.6 Å². The van der Waals surface area contributed by atoms with Crippen LogP contribution in [0, 0.1) is 11.3 Å². The zero-order valence-electron chi connectivity index (χ0n) is 15.2. The van der Waals surface area contributed by atoms with Crippen LogP contribution >= 0.6 is 11.3 Å². The van der Waals surface area contributed by atoms with Crippen LogP contribution in [0.25, 0.3) is 10.4 Å². The summed E-state index contributed by atoms with van der Waals surface area (Å²) in [6.07, 6.45) is 10.5. The van der Waals surface area contributed by atoms with Crippen molar-refractivity contribution < 1.29 is 4.74 Å². The zero-order chi connectivity index (χ0) is 18.1. The number of aryl methyl sites for hydroxylation is 1. The van der Waals surface area contributed by atoms with Crippen LogP contribution in [0.2, 0.25) is 0 Å². The Hall–Kier alpha value is -2.38. The second-order valence-corrected chi connectivity index (χ2v) is 8.19. The molecule has 2 aliphatic rings. The van der Waals surface area contributed by atoms with Gasteiger partial charge in [-0.1, -0.05) is 24.3 Å². The van der Waals surface area contributed by atoms with Crippen LogP contribution in [0.15, 0.2) is 47.9 Å². The van der Waals surface area contributed by atoms with Crippen molar-refractivity contribution in [2.45, 2.75) is 51.6 Å². The number of thiazole rings is 1. The van der Waals surface area contributed by atoms with E-state index in [9.17, 15) is 5.26 Å². The van der Waals surface area contributed by atoms with Gasteiger partial charge in [-0.05, 0) is 62.3 Å². The number of aromatic nitrogens is 1. The van der Waals surface area contributed by atoms with Crippen LogP contribution in [-0.4, -0.2) is 11.1 Å². The van der Waals surface area contributed by atoms with Crippen LogP contribution in [0.4, 0.5) is 0 Å². The Morgan fingerprint density at radius 1 is 1.31 bits per heavy atom. The fourth-order valence-corrected chi connectivity index (χ4v) is 4.81. The van der Waals surface area contributed by atoms with Crippen LogP contribution < -0.4 is 0 Å². The lowest BCUT2D eigenvalue weighted by atomic mass is 9.96. The van der Waals surface area contributed by atoms with Gasteiger partial charge in [-0.2, -0.15) is 5.26 Å². The van der Waals surface area contributed by atoms with Crippen molar-refractivity contribution in [2.75, 3.05) is 0 Å². The average molecular weight is 362 g/mol. The third-order valence-corrected chi connectivity index (χ3v) is 6.09. The minimum atomic E-state index is 0.0705. The van der Waals surface area contributed by atoms with Gasteiger partial charge in [-0.15, -0.1) is 11.3 Å². The summed E-state index contributed by atoms with van der Waals surface area (Å²) in [5.41, 5.74) is 4.93. The normalized spacial score (nSPS) is 18.9. The molecule has 0 radical (unpaired) electrons. The molecule has 0 spiro atoms. The maximum Gasteiger partial charge on any atom is 0.133 e. The molecule has 0 saturated carbocycles. The van der Waals surface area contributed by atoms with Crippen molar-refractivity contribution >= 4 is 11.3 Å². The van der Waals surface area contributed by atoms with E-state index in [2.05, 4.69) is 24.3 Å². The van der Waals surface area contributed by atoms with Crippen molar-refractivity contribution in [3.05, 3.63) is 64.0 Å². The first-order valence-electron chi connectivity index (χ1n) is 9.21. The standard InChI is InChI=1S/C22H22N2OS/c1-14(2)25-20-10-9-16(11-17(20)12-23)22-24-13-21(26-22)19-8-4-6-15-5-3-7-18(15)19/h4,6,8,10-11,13-14,16H,3,5,7,9H2,1-2H3/t16-/m1/s1. The molecule has 4 heteroatoms. The van der Waals surface area contributed by atoms with Gasteiger partial charge in [0.2, 0.25) is 0 Å². The number of hydrogen-bond acceptors (Lipinski definition) is 4. The monoisotopic (exact) mass is 362 g/mol. The Bertz CT molecular complexity index is 930. The van der Waals surface area contributed by atoms with Gasteiger partial charge < -0.3 is 4.74 Å². The smallest absolute Gasteiger partial charge is 0.133 e. The van der Waals surface area contributed by atoms with E-state index < -0.39 is 0 Å². The lowest BCUT2D eigenvalue weighted by Crippen LogP contribution is -2.09. The topological polar surface area (TPSA) is 45.9 Å². The van der Waals surface area contributed by atoms with Gasteiger partial charge in [0.25, 0.3) is 0 Å². The molecule has 4 rings (SSSR count). The molecule has 0 amide bonds. The number of allylic oxidation sites excluding steroid dienone is 3. The highest BCUT2D eigenvalue weighted by Gasteiger charge is 2.23. The largest absolute Gasteiger partial charge is 0.490 e. The van der Waals surface area contributed by atoms with E-state index in [1.807, 2.05) is 32.2 Å². The van der Waals surface area contributed by atoms with E-state index in [-0.39, 0.29) is 12.0 Å². The molecule has 26 heavy (non-hydrogen) atoms. The summed E-state index contributed by atoms with van der Waals surface area (Å²) in [5, 5.41) is 10.5. The van der Waals surface area contributed by atoms with E-state index in [0.717, 1.165) is 11.4 Å². The summed E-state index contributed by atoms with van der Waals surface area (Å²) in [6.45, 7) is 3.96. The minimum Gasteiger partial charge on any atom is -0.490 e. The van der Waals surface area contributed by atoms with E-state index in [1.165, 1.54) is 40.8 Å². The summed E-state index contributed by atoms with van der Waals surface area (Å²) in [5.74, 6) is 0.857. The van der Waals surface area contributed by atoms with Gasteiger partial charge in [0, 0.05) is 12.1 Å². The number of ether oxygens (including phenoxy) is 1. The highest BCUT2D eigenvalue weighted by Crippen LogP contribution is 2.39. The Labute approximate surface area is 158 Å². The molecule has 1 aromatic carbocycles. The van der Waals surface area contributed by atoms with Crippen molar-refractivity contribution in [2.24, 2.45) is 0 Å². The summed E-state index contributed by atoms with van der Waals surface area (Å²) in [6, 6.07) is 8.90. The highest BCUT2D eigenvalue weighted by molar-refractivity contribution is 7.15. The Balaban J connectivity index is 1.60. The molecule has 0 unspecified atom stereocenters. The second-order valence-electron chi connectivity index (χ2n) is 7.13. The maximum absolute atomic E-state index is 9.47. The Morgan fingerprint density at radius 3 is 3.00 bits per heavy atom. The van der Waals surface area contributed by atoms with Crippen LogP contribution in [-0.2, 0) is 17.6 Å². The van der Waals surface area contributed by atoms with Crippen LogP contribution in [0.3, 0.4) is 0 Å². The van der Waals surface area contributed by atoms with Gasteiger partial charge in [-0.3, -0.25) is 0 Å². The molecule has 0 saturated heterocycles. The molecule has 1 atom stereocenters. The molecule has 1 aromatic heterocycles. The Kier molecular flexibility index (Phi) is 4.65. The zero-order valence-corrected chi connectivity index (χ0v) is 16.0. The molecular formula is C22H22N2OS. The number of rotatable bonds is 4. The first kappa shape index (κ1) is 17.1. The molecule has 2 aromatic rings. The average Bonchev–Trinajstić information content (AvgIpc) is 3.30. The summed E-state index contributed by atoms with van der Waals surface area (Å²) in [7, 11) is 0. The van der Waals surface area contributed by atoms with Gasteiger partial charge in [0.1, 0.15) is 16.8 Å². The molecule has 132 valence electrons. The maximum atomic E-state index is 9.47. The van der Waals surface area contributed by atoms with E-state index in [1.54, 1.807) is 11.3 Å². The van der Waals surface area contributed by atoms with E-state index >= 15 is 0 Å². The third kappa shape index (κ3) is 3.20. The first-order valence-corrected chi connectivity index (χ1v) is 10.0. The lowest BCUT2D eigenvalue weighted by Gasteiger charge is -2.19. The quantitative estimate of drug-likeness (QED) is 0.717. The van der Waals surface area contributed by atoms with Crippen molar-refractivity contribution in [3.63, 3.8) is 0 Å². The number of fused-ring (bicyclic) bond motifs is 1. The van der Waals surface area contributed by atoms with Crippen molar-refractivity contribution in [3.8, 4) is 16.5 Å². The molecule has 3 nitrogen and oxygen atoms in total. The van der Waals surface area contributed by atoms with Gasteiger partial charge in [0.15, 0.2) is 0 Å². The number of nitriles is 1.